The van der Waals surface area contributed by atoms with Crippen molar-refractivity contribution in [3.05, 3.63) is 41.5 Å². The second kappa shape index (κ2) is 9.85. The van der Waals surface area contributed by atoms with E-state index in [1.807, 2.05) is 6.07 Å². The van der Waals surface area contributed by atoms with Crippen molar-refractivity contribution in [1.29, 1.82) is 0 Å². The highest BCUT2D eigenvalue weighted by Gasteiger charge is 2.15. The van der Waals surface area contributed by atoms with E-state index in [0.717, 1.165) is 25.4 Å². The first-order valence-electron chi connectivity index (χ1n) is 9.24. The fraction of sp³-hybridized carbons (Fsp3) is 0.619. The monoisotopic (exact) mass is 331 g/mol. The van der Waals surface area contributed by atoms with Crippen LogP contribution in [0, 0.1) is 19.8 Å². The third-order valence-electron chi connectivity index (χ3n) is 4.98. The van der Waals surface area contributed by atoms with Crippen molar-refractivity contribution in [3.63, 3.8) is 0 Å². The fourth-order valence-corrected chi connectivity index (χ4v) is 3.06. The zero-order chi connectivity index (χ0) is 17.4. The van der Waals surface area contributed by atoms with Gasteiger partial charge in [0, 0.05) is 13.1 Å². The van der Waals surface area contributed by atoms with Crippen molar-refractivity contribution in [1.82, 2.24) is 4.90 Å². The molecule has 1 fully saturated rings. The molecule has 2 rings (SSSR count). The quantitative estimate of drug-likeness (QED) is 0.547. The van der Waals surface area contributed by atoms with Gasteiger partial charge < -0.3 is 14.4 Å². The highest BCUT2D eigenvalue weighted by molar-refractivity contribution is 5.33. The molecule has 3 nitrogen and oxygen atoms in total. The molecule has 1 unspecified atom stereocenters. The van der Waals surface area contributed by atoms with Crippen molar-refractivity contribution >= 4 is 0 Å². The van der Waals surface area contributed by atoms with E-state index in [9.17, 15) is 0 Å². The van der Waals surface area contributed by atoms with Gasteiger partial charge in [-0.1, -0.05) is 25.1 Å². The molecular weight excluding hydrogens is 298 g/mol. The van der Waals surface area contributed by atoms with Gasteiger partial charge in [0.15, 0.2) is 0 Å². The molecule has 1 saturated heterocycles. The molecule has 0 radical (unpaired) electrons. The zero-order valence-corrected chi connectivity index (χ0v) is 15.6. The topological polar surface area (TPSA) is 21.7 Å². The molecule has 0 aromatic heterocycles. The predicted molar refractivity (Wildman–Crippen MR) is 101 cm³/mol. The maximum Gasteiger partial charge on any atom is 0.119 e. The Balaban J connectivity index is 1.60. The van der Waals surface area contributed by atoms with Gasteiger partial charge in [-0.3, -0.25) is 0 Å². The smallest absolute Gasteiger partial charge is 0.119 e. The van der Waals surface area contributed by atoms with E-state index in [1.54, 1.807) is 0 Å². The Morgan fingerprint density at radius 3 is 2.75 bits per heavy atom. The van der Waals surface area contributed by atoms with Crippen molar-refractivity contribution in [2.24, 2.45) is 5.92 Å². The van der Waals surface area contributed by atoms with Crippen LogP contribution in [-0.4, -0.2) is 44.4 Å². The summed E-state index contributed by atoms with van der Waals surface area (Å²) in [6, 6.07) is 6.21. The standard InChI is InChI=1S/C21H33NO2/c1-17-7-5-6-10-22(16-20(17)4)11-12-23-13-14-24-21-9-8-18(2)19(3)15-21/h8-9,15,20H,1,5-7,10-14,16H2,2-4H3. The Morgan fingerprint density at radius 1 is 1.12 bits per heavy atom. The summed E-state index contributed by atoms with van der Waals surface area (Å²) in [7, 11) is 0. The van der Waals surface area contributed by atoms with Crippen LogP contribution in [0.3, 0.4) is 0 Å². The van der Waals surface area contributed by atoms with E-state index in [0.29, 0.717) is 19.1 Å². The minimum Gasteiger partial charge on any atom is -0.491 e. The van der Waals surface area contributed by atoms with Crippen molar-refractivity contribution in [2.75, 3.05) is 39.5 Å². The largest absolute Gasteiger partial charge is 0.491 e. The van der Waals surface area contributed by atoms with Crippen LogP contribution in [-0.2, 0) is 4.74 Å². The lowest BCUT2D eigenvalue weighted by Gasteiger charge is -2.29. The van der Waals surface area contributed by atoms with E-state index in [1.165, 1.54) is 42.5 Å². The Kier molecular flexibility index (Phi) is 7.80. The number of nitrogens with zero attached hydrogens (tertiary/aromatic N) is 1. The highest BCUT2D eigenvalue weighted by Crippen LogP contribution is 2.20. The fourth-order valence-electron chi connectivity index (χ4n) is 3.06. The molecule has 134 valence electrons. The average molecular weight is 332 g/mol. The van der Waals surface area contributed by atoms with Crippen LogP contribution < -0.4 is 4.74 Å². The maximum atomic E-state index is 5.76. The summed E-state index contributed by atoms with van der Waals surface area (Å²) < 4.78 is 11.5. The summed E-state index contributed by atoms with van der Waals surface area (Å²) in [5.74, 6) is 1.52. The second-order valence-corrected chi connectivity index (χ2v) is 7.02. The lowest BCUT2D eigenvalue weighted by molar-refractivity contribution is 0.0759. The van der Waals surface area contributed by atoms with E-state index in [-0.39, 0.29) is 0 Å². The first kappa shape index (κ1) is 19.0. The van der Waals surface area contributed by atoms with Gasteiger partial charge in [0.2, 0.25) is 0 Å². The van der Waals surface area contributed by atoms with E-state index >= 15 is 0 Å². The lowest BCUT2D eigenvalue weighted by atomic mass is 9.95. The molecule has 0 saturated carbocycles. The number of rotatable bonds is 7. The van der Waals surface area contributed by atoms with Crippen LogP contribution >= 0.6 is 0 Å². The summed E-state index contributed by atoms with van der Waals surface area (Å²) in [5, 5.41) is 0. The third-order valence-corrected chi connectivity index (χ3v) is 4.98. The molecule has 1 aromatic rings. The Bertz CT molecular complexity index is 527. The SMILES string of the molecule is C=C1CCCCN(CCOCCOc2ccc(C)c(C)c2)CC1C. The van der Waals surface area contributed by atoms with Crippen molar-refractivity contribution in [2.45, 2.75) is 40.0 Å². The first-order chi connectivity index (χ1) is 11.6. The number of likely N-dealkylation sites (tertiary alicyclic amines) is 1. The van der Waals surface area contributed by atoms with Gasteiger partial charge in [-0.05, 0) is 68.8 Å². The summed E-state index contributed by atoms with van der Waals surface area (Å²) in [4.78, 5) is 2.51. The number of hydrogen-bond donors (Lipinski definition) is 0. The number of hydrogen-bond acceptors (Lipinski definition) is 3. The Hall–Kier alpha value is -1.32. The summed E-state index contributed by atoms with van der Waals surface area (Å²) in [5.41, 5.74) is 3.97. The lowest BCUT2D eigenvalue weighted by Crippen LogP contribution is -2.34. The van der Waals surface area contributed by atoms with Gasteiger partial charge >= 0.3 is 0 Å². The molecule has 0 N–H and O–H groups in total. The third kappa shape index (κ3) is 6.29. The van der Waals surface area contributed by atoms with Crippen LogP contribution in [0.2, 0.25) is 0 Å². The Labute approximate surface area is 147 Å². The zero-order valence-electron chi connectivity index (χ0n) is 15.6. The van der Waals surface area contributed by atoms with Gasteiger partial charge in [0.05, 0.1) is 13.2 Å². The number of ether oxygens (including phenoxy) is 2. The molecule has 1 aliphatic rings. The number of aryl methyl sites for hydroxylation is 2. The molecule has 1 aromatic carbocycles. The van der Waals surface area contributed by atoms with Gasteiger partial charge in [-0.2, -0.15) is 0 Å². The van der Waals surface area contributed by atoms with Crippen LogP contribution in [0.1, 0.15) is 37.3 Å². The molecule has 3 heteroatoms. The van der Waals surface area contributed by atoms with Crippen LogP contribution in [0.15, 0.2) is 30.4 Å². The molecule has 24 heavy (non-hydrogen) atoms. The number of benzene rings is 1. The maximum absolute atomic E-state index is 5.76. The van der Waals surface area contributed by atoms with Crippen LogP contribution in [0.25, 0.3) is 0 Å². The highest BCUT2D eigenvalue weighted by atomic mass is 16.5. The van der Waals surface area contributed by atoms with E-state index in [2.05, 4.69) is 44.4 Å². The van der Waals surface area contributed by atoms with Crippen molar-refractivity contribution in [3.8, 4) is 5.75 Å². The normalized spacial score (nSPS) is 19.8. The van der Waals surface area contributed by atoms with Gasteiger partial charge in [0.25, 0.3) is 0 Å². The average Bonchev–Trinajstić information content (AvgIpc) is 2.55. The molecule has 0 amide bonds. The minimum absolute atomic E-state index is 0.596. The summed E-state index contributed by atoms with van der Waals surface area (Å²) in [6.45, 7) is 16.0. The Morgan fingerprint density at radius 2 is 1.96 bits per heavy atom. The van der Waals surface area contributed by atoms with E-state index in [4.69, 9.17) is 9.47 Å². The first-order valence-corrected chi connectivity index (χ1v) is 9.24. The van der Waals surface area contributed by atoms with E-state index < -0.39 is 0 Å². The molecular formula is C21H33NO2. The van der Waals surface area contributed by atoms with Gasteiger partial charge in [0.1, 0.15) is 12.4 Å². The van der Waals surface area contributed by atoms with Crippen molar-refractivity contribution < 1.29 is 9.47 Å². The predicted octanol–water partition coefficient (Wildman–Crippen LogP) is 4.38. The molecule has 1 atom stereocenters. The summed E-state index contributed by atoms with van der Waals surface area (Å²) in [6.07, 6.45) is 3.73. The molecule has 1 heterocycles. The molecule has 0 bridgehead atoms. The van der Waals surface area contributed by atoms with Crippen LogP contribution in [0.5, 0.6) is 5.75 Å². The molecule has 0 aliphatic carbocycles. The van der Waals surface area contributed by atoms with Gasteiger partial charge in [-0.25, -0.2) is 0 Å². The van der Waals surface area contributed by atoms with Gasteiger partial charge in [-0.15, -0.1) is 0 Å². The molecule has 1 aliphatic heterocycles. The minimum atomic E-state index is 0.596. The van der Waals surface area contributed by atoms with Crippen LogP contribution in [0.4, 0.5) is 0 Å². The second-order valence-electron chi connectivity index (χ2n) is 7.02. The molecule has 0 spiro atoms. The summed E-state index contributed by atoms with van der Waals surface area (Å²) >= 11 is 0.